The third-order valence-electron chi connectivity index (χ3n) is 2.72. The first-order valence-electron chi connectivity index (χ1n) is 6.73. The fourth-order valence-corrected chi connectivity index (χ4v) is 3.19. The lowest BCUT2D eigenvalue weighted by Crippen LogP contribution is -2.23. The van der Waals surface area contributed by atoms with Gasteiger partial charge < -0.3 is 14.8 Å². The maximum Gasteiger partial charge on any atom is 0.344 e. The minimum Gasteiger partial charge on any atom is -0.482 e. The number of hydrogen-bond donors (Lipinski definition) is 1. The lowest BCUT2D eigenvalue weighted by molar-refractivity contribution is -0.149. The fraction of sp³-hybridized carbons (Fsp3) is 0.125. The summed E-state index contributed by atoms with van der Waals surface area (Å²) in [6.45, 7) is -0.658. The molecule has 126 valence electrons. The monoisotopic (exact) mass is 519 g/mol. The molecule has 2 rings (SSSR count). The zero-order valence-corrected chi connectivity index (χ0v) is 17.0. The van der Waals surface area contributed by atoms with Crippen molar-refractivity contribution in [2.24, 2.45) is 0 Å². The number of benzene rings is 2. The van der Waals surface area contributed by atoms with E-state index in [0.29, 0.717) is 11.4 Å². The van der Waals surface area contributed by atoms with Crippen molar-refractivity contribution in [3.63, 3.8) is 0 Å². The van der Waals surface area contributed by atoms with Gasteiger partial charge in [-0.2, -0.15) is 0 Å². The first-order valence-corrected chi connectivity index (χ1v) is 9.11. The summed E-state index contributed by atoms with van der Waals surface area (Å²) in [5.74, 6) is -0.529. The molecule has 5 nitrogen and oxygen atoms in total. The van der Waals surface area contributed by atoms with E-state index >= 15 is 0 Å². The van der Waals surface area contributed by atoms with Gasteiger partial charge in [0, 0.05) is 13.4 Å². The number of carbonyl (C=O) groups excluding carboxylic acids is 2. The molecule has 0 radical (unpaired) electrons. The van der Waals surface area contributed by atoms with Crippen LogP contribution in [0.25, 0.3) is 0 Å². The molecular formula is C16H12Br3NO4. The third-order valence-corrected chi connectivity index (χ3v) is 4.36. The Bertz CT molecular complexity index is 752. The lowest BCUT2D eigenvalue weighted by Gasteiger charge is -2.09. The zero-order chi connectivity index (χ0) is 17.5. The summed E-state index contributed by atoms with van der Waals surface area (Å²) in [7, 11) is 0. The number of ether oxygens (including phenoxy) is 2. The van der Waals surface area contributed by atoms with Crippen molar-refractivity contribution in [3.8, 4) is 5.75 Å². The normalized spacial score (nSPS) is 10.1. The third kappa shape index (κ3) is 6.26. The van der Waals surface area contributed by atoms with Gasteiger partial charge in [0.15, 0.2) is 13.2 Å². The van der Waals surface area contributed by atoms with Gasteiger partial charge in [0.05, 0.1) is 5.69 Å². The van der Waals surface area contributed by atoms with E-state index in [9.17, 15) is 9.59 Å². The summed E-state index contributed by atoms with van der Waals surface area (Å²) in [4.78, 5) is 23.4. The first kappa shape index (κ1) is 19.0. The van der Waals surface area contributed by atoms with Crippen molar-refractivity contribution in [1.29, 1.82) is 0 Å². The highest BCUT2D eigenvalue weighted by Crippen LogP contribution is 2.26. The molecule has 0 aliphatic heterocycles. The van der Waals surface area contributed by atoms with Crippen LogP contribution in [0.15, 0.2) is 55.9 Å². The summed E-state index contributed by atoms with van der Waals surface area (Å²) in [5, 5.41) is 2.64. The van der Waals surface area contributed by atoms with Crippen molar-refractivity contribution in [1.82, 2.24) is 0 Å². The number of rotatable bonds is 6. The number of esters is 1. The molecule has 1 amide bonds. The summed E-state index contributed by atoms with van der Waals surface area (Å²) in [6, 6.07) is 12.4. The summed E-state index contributed by atoms with van der Waals surface area (Å²) >= 11 is 9.97. The quantitative estimate of drug-likeness (QED) is 0.567. The molecule has 2 aromatic rings. The Labute approximate surface area is 164 Å². The molecule has 8 heteroatoms. The van der Waals surface area contributed by atoms with Crippen LogP contribution in [0, 0.1) is 0 Å². The Morgan fingerprint density at radius 1 is 0.958 bits per heavy atom. The second kappa shape index (κ2) is 9.19. The number of hydrogen-bond acceptors (Lipinski definition) is 4. The summed E-state index contributed by atoms with van der Waals surface area (Å²) in [6.07, 6.45) is 0. The van der Waals surface area contributed by atoms with Crippen LogP contribution in [0.1, 0.15) is 0 Å². The van der Waals surface area contributed by atoms with Crippen LogP contribution < -0.4 is 10.1 Å². The van der Waals surface area contributed by atoms with Crippen LogP contribution in [0.2, 0.25) is 0 Å². The topological polar surface area (TPSA) is 64.6 Å². The van der Waals surface area contributed by atoms with Crippen LogP contribution >= 0.6 is 47.8 Å². The van der Waals surface area contributed by atoms with Crippen molar-refractivity contribution in [3.05, 3.63) is 55.9 Å². The van der Waals surface area contributed by atoms with Crippen LogP contribution in [0.5, 0.6) is 5.75 Å². The zero-order valence-electron chi connectivity index (χ0n) is 12.2. The van der Waals surface area contributed by atoms with Crippen LogP contribution in [0.3, 0.4) is 0 Å². The van der Waals surface area contributed by atoms with E-state index in [1.54, 1.807) is 36.4 Å². The average Bonchev–Trinajstić information content (AvgIpc) is 2.54. The van der Waals surface area contributed by atoms with E-state index in [1.807, 2.05) is 6.07 Å². The number of nitrogens with one attached hydrogen (secondary N) is 1. The van der Waals surface area contributed by atoms with E-state index < -0.39 is 11.9 Å². The van der Waals surface area contributed by atoms with E-state index in [-0.39, 0.29) is 13.2 Å². The van der Waals surface area contributed by atoms with Gasteiger partial charge in [-0.25, -0.2) is 4.79 Å². The molecule has 0 aliphatic rings. The molecule has 0 unspecified atom stereocenters. The van der Waals surface area contributed by atoms with E-state index in [1.165, 1.54) is 0 Å². The largest absolute Gasteiger partial charge is 0.482 e. The maximum absolute atomic E-state index is 11.8. The highest BCUT2D eigenvalue weighted by atomic mass is 79.9. The van der Waals surface area contributed by atoms with Crippen molar-refractivity contribution < 1.29 is 19.1 Å². The second-order valence-electron chi connectivity index (χ2n) is 4.58. The number of anilines is 1. The Balaban J connectivity index is 1.75. The van der Waals surface area contributed by atoms with Crippen LogP contribution in [-0.4, -0.2) is 25.1 Å². The van der Waals surface area contributed by atoms with Crippen molar-refractivity contribution in [2.75, 3.05) is 18.5 Å². The highest BCUT2D eigenvalue weighted by Gasteiger charge is 2.10. The minimum atomic E-state index is -0.625. The molecule has 0 aromatic heterocycles. The predicted molar refractivity (Wildman–Crippen MR) is 101 cm³/mol. The molecule has 0 saturated carbocycles. The highest BCUT2D eigenvalue weighted by molar-refractivity contribution is 9.11. The van der Waals surface area contributed by atoms with Gasteiger partial charge in [-0.15, -0.1) is 0 Å². The maximum atomic E-state index is 11.8. The molecule has 0 aliphatic carbocycles. The molecule has 0 saturated heterocycles. The minimum absolute atomic E-state index is 0.272. The molecule has 0 atom stereocenters. The molecular weight excluding hydrogens is 510 g/mol. The van der Waals surface area contributed by atoms with E-state index in [0.717, 1.165) is 13.4 Å². The van der Waals surface area contributed by atoms with Gasteiger partial charge in [0.1, 0.15) is 5.75 Å². The summed E-state index contributed by atoms with van der Waals surface area (Å²) in [5.41, 5.74) is 0.588. The molecule has 0 heterocycles. The average molecular weight is 522 g/mol. The van der Waals surface area contributed by atoms with Gasteiger partial charge in [-0.1, -0.05) is 37.9 Å². The van der Waals surface area contributed by atoms with Gasteiger partial charge in [-0.3, -0.25) is 4.79 Å². The predicted octanol–water partition coefficient (Wildman–Crippen LogP) is 4.53. The Morgan fingerprint density at radius 3 is 2.42 bits per heavy atom. The van der Waals surface area contributed by atoms with Crippen molar-refractivity contribution >= 4 is 65.4 Å². The standard InChI is InChI=1S/C16H12Br3NO4/c17-10-2-1-3-12(6-10)23-9-16(22)24-8-15(21)20-14-5-4-11(18)7-13(14)19/h1-7H,8-9H2,(H,20,21). The number of carbonyl (C=O) groups is 2. The summed E-state index contributed by atoms with van der Waals surface area (Å²) < 4.78 is 12.6. The Morgan fingerprint density at radius 2 is 1.71 bits per heavy atom. The molecule has 0 fully saturated rings. The molecule has 0 bridgehead atoms. The van der Waals surface area contributed by atoms with E-state index in [2.05, 4.69) is 53.1 Å². The molecule has 2 aromatic carbocycles. The number of halogens is 3. The van der Waals surface area contributed by atoms with Gasteiger partial charge in [-0.05, 0) is 52.3 Å². The Kier molecular flexibility index (Phi) is 7.26. The smallest absolute Gasteiger partial charge is 0.344 e. The van der Waals surface area contributed by atoms with Crippen LogP contribution in [-0.2, 0) is 14.3 Å². The van der Waals surface area contributed by atoms with Gasteiger partial charge >= 0.3 is 5.97 Å². The second-order valence-corrected chi connectivity index (χ2v) is 7.26. The molecule has 1 N–H and O–H groups in total. The SMILES string of the molecule is O=C(COC(=O)COc1cccc(Br)c1)Nc1ccc(Br)cc1Br. The lowest BCUT2D eigenvalue weighted by atomic mass is 10.3. The Hall–Kier alpha value is -1.38. The number of amides is 1. The molecule has 0 spiro atoms. The first-order chi connectivity index (χ1) is 11.4. The van der Waals surface area contributed by atoms with Gasteiger partial charge in [0.2, 0.25) is 0 Å². The van der Waals surface area contributed by atoms with Crippen LogP contribution in [0.4, 0.5) is 5.69 Å². The fourth-order valence-electron chi connectivity index (χ4n) is 1.66. The van der Waals surface area contributed by atoms with Crippen molar-refractivity contribution in [2.45, 2.75) is 0 Å². The van der Waals surface area contributed by atoms with Gasteiger partial charge in [0.25, 0.3) is 5.91 Å². The molecule has 24 heavy (non-hydrogen) atoms. The van der Waals surface area contributed by atoms with E-state index in [4.69, 9.17) is 9.47 Å².